The van der Waals surface area contributed by atoms with Gasteiger partial charge in [-0.15, -0.1) is 5.10 Å². The summed E-state index contributed by atoms with van der Waals surface area (Å²) in [4.78, 5) is 10.6. The molecule has 2 heterocycles. The number of nitrogens with zero attached hydrogens (tertiary/aromatic N) is 3. The average Bonchev–Trinajstić information content (AvgIpc) is 2.74. The lowest BCUT2D eigenvalue weighted by molar-refractivity contribution is 0.0691. The van der Waals surface area contributed by atoms with Gasteiger partial charge in [-0.3, -0.25) is 0 Å². The van der Waals surface area contributed by atoms with Gasteiger partial charge in [-0.2, -0.15) is 10.3 Å². The Labute approximate surface area is 71.4 Å². The van der Waals surface area contributed by atoms with E-state index in [-0.39, 0.29) is 11.4 Å². The van der Waals surface area contributed by atoms with Crippen molar-refractivity contribution in [2.24, 2.45) is 0 Å². The Morgan fingerprint density at radius 2 is 2.38 bits per heavy atom. The Morgan fingerprint density at radius 1 is 1.54 bits per heavy atom. The molecule has 0 saturated carbocycles. The molecule has 0 atom stereocenters. The lowest BCUT2D eigenvalue weighted by Gasteiger charge is -1.87. The van der Waals surface area contributed by atoms with Crippen molar-refractivity contribution < 1.29 is 14.4 Å². The maximum Gasteiger partial charge on any atom is 0.358 e. The molecule has 0 aliphatic carbocycles. The molecule has 2 aromatic heterocycles. The molecule has 66 valence electrons. The molecule has 7 heteroatoms. The van der Waals surface area contributed by atoms with Gasteiger partial charge in [-0.05, 0) is 0 Å². The maximum atomic E-state index is 10.6. The molecule has 13 heavy (non-hydrogen) atoms. The second-order valence-corrected chi connectivity index (χ2v) is 2.21. The van der Waals surface area contributed by atoms with Crippen molar-refractivity contribution in [3.05, 3.63) is 18.0 Å². The predicted molar refractivity (Wildman–Crippen MR) is 38.8 cm³/mol. The van der Waals surface area contributed by atoms with E-state index in [2.05, 4.69) is 25.1 Å². The van der Waals surface area contributed by atoms with Crippen LogP contribution >= 0.6 is 0 Å². The third-order valence-electron chi connectivity index (χ3n) is 1.43. The number of hydrogen-bond donors (Lipinski definition) is 2. The van der Waals surface area contributed by atoms with Crippen LogP contribution in [0.1, 0.15) is 10.5 Å². The van der Waals surface area contributed by atoms with Crippen molar-refractivity contribution in [3.8, 4) is 11.4 Å². The first-order chi connectivity index (χ1) is 6.29. The minimum absolute atomic E-state index is 0.168. The van der Waals surface area contributed by atoms with Gasteiger partial charge >= 0.3 is 5.97 Å². The van der Waals surface area contributed by atoms with E-state index in [1.54, 1.807) is 0 Å². The van der Waals surface area contributed by atoms with E-state index in [1.807, 2.05) is 0 Å². The van der Waals surface area contributed by atoms with Crippen molar-refractivity contribution in [1.82, 2.24) is 20.6 Å². The second kappa shape index (κ2) is 2.70. The van der Waals surface area contributed by atoms with Crippen LogP contribution in [-0.4, -0.2) is 31.6 Å². The van der Waals surface area contributed by atoms with Crippen LogP contribution < -0.4 is 0 Å². The molecule has 2 aromatic rings. The number of aromatic amines is 1. The standard InChI is InChI=1S/C6H4N4O3/c11-6(12)5-4(7-10-8-5)3-1-2-13-9-3/h1-2H,(H,11,12)(H,7,8,10). The number of nitrogens with one attached hydrogen (secondary N) is 1. The van der Waals surface area contributed by atoms with Crippen LogP contribution in [0.5, 0.6) is 0 Å². The summed E-state index contributed by atoms with van der Waals surface area (Å²) in [6, 6.07) is 1.50. The van der Waals surface area contributed by atoms with E-state index < -0.39 is 5.97 Å². The van der Waals surface area contributed by atoms with E-state index in [0.717, 1.165) is 0 Å². The second-order valence-electron chi connectivity index (χ2n) is 2.21. The smallest absolute Gasteiger partial charge is 0.358 e. The first-order valence-corrected chi connectivity index (χ1v) is 3.34. The van der Waals surface area contributed by atoms with Crippen LogP contribution in [-0.2, 0) is 0 Å². The fourth-order valence-electron chi connectivity index (χ4n) is 0.893. The number of rotatable bonds is 2. The molecule has 0 amide bonds. The first kappa shape index (κ1) is 7.47. The summed E-state index contributed by atoms with van der Waals surface area (Å²) >= 11 is 0. The van der Waals surface area contributed by atoms with Gasteiger partial charge in [-0.1, -0.05) is 5.16 Å². The van der Waals surface area contributed by atoms with Crippen LogP contribution in [0.25, 0.3) is 11.4 Å². The van der Waals surface area contributed by atoms with E-state index in [0.29, 0.717) is 5.69 Å². The summed E-state index contributed by atoms with van der Waals surface area (Å²) in [5, 5.41) is 21.5. The van der Waals surface area contributed by atoms with Gasteiger partial charge in [-0.25, -0.2) is 4.79 Å². The summed E-state index contributed by atoms with van der Waals surface area (Å²) in [6.45, 7) is 0. The number of H-pyrrole nitrogens is 1. The van der Waals surface area contributed by atoms with Crippen molar-refractivity contribution in [2.75, 3.05) is 0 Å². The fraction of sp³-hybridized carbons (Fsp3) is 0. The van der Waals surface area contributed by atoms with Crippen LogP contribution in [0.2, 0.25) is 0 Å². The van der Waals surface area contributed by atoms with E-state index >= 15 is 0 Å². The third-order valence-corrected chi connectivity index (χ3v) is 1.43. The Morgan fingerprint density at radius 3 is 3.00 bits per heavy atom. The highest BCUT2D eigenvalue weighted by Gasteiger charge is 2.18. The minimum Gasteiger partial charge on any atom is -0.476 e. The monoisotopic (exact) mass is 180 g/mol. The van der Waals surface area contributed by atoms with Gasteiger partial charge in [0.2, 0.25) is 0 Å². The molecule has 2 rings (SSSR count). The van der Waals surface area contributed by atoms with Gasteiger partial charge < -0.3 is 9.63 Å². The number of carboxylic acids is 1. The summed E-state index contributed by atoms with van der Waals surface area (Å²) < 4.78 is 4.55. The van der Waals surface area contributed by atoms with Crippen molar-refractivity contribution in [2.45, 2.75) is 0 Å². The zero-order valence-corrected chi connectivity index (χ0v) is 6.26. The van der Waals surface area contributed by atoms with E-state index in [4.69, 9.17) is 5.11 Å². The molecule has 0 fully saturated rings. The summed E-state index contributed by atoms with van der Waals surface area (Å²) in [6.07, 6.45) is 1.33. The molecule has 0 bridgehead atoms. The molecular formula is C6H4N4O3. The number of carboxylic acid groups (broad SMARTS) is 1. The van der Waals surface area contributed by atoms with Crippen LogP contribution in [0.4, 0.5) is 0 Å². The predicted octanol–water partition coefficient (Wildman–Crippen LogP) is 0.158. The minimum atomic E-state index is -1.16. The van der Waals surface area contributed by atoms with Gasteiger partial charge in [0.25, 0.3) is 0 Å². The van der Waals surface area contributed by atoms with E-state index in [9.17, 15) is 4.79 Å². The number of carbonyl (C=O) groups is 1. The highest BCUT2D eigenvalue weighted by molar-refractivity contribution is 5.91. The molecule has 7 nitrogen and oxygen atoms in total. The highest BCUT2D eigenvalue weighted by Crippen LogP contribution is 2.16. The normalized spacial score (nSPS) is 10.2. The number of aromatic carboxylic acids is 1. The molecule has 2 N–H and O–H groups in total. The molecular weight excluding hydrogens is 176 g/mol. The van der Waals surface area contributed by atoms with Crippen LogP contribution in [0, 0.1) is 0 Å². The third kappa shape index (κ3) is 1.15. The zero-order chi connectivity index (χ0) is 9.26. The Bertz CT molecular complexity index is 419. The molecule has 0 spiro atoms. The molecule has 0 aromatic carbocycles. The summed E-state index contributed by atoms with van der Waals surface area (Å²) in [5.74, 6) is -1.16. The Hall–Kier alpha value is -2.18. The molecule has 0 unspecified atom stereocenters. The maximum absolute atomic E-state index is 10.6. The van der Waals surface area contributed by atoms with Crippen molar-refractivity contribution in [3.63, 3.8) is 0 Å². The van der Waals surface area contributed by atoms with Gasteiger partial charge in [0.1, 0.15) is 17.7 Å². The lowest BCUT2D eigenvalue weighted by Crippen LogP contribution is -1.99. The number of hydrogen-bond acceptors (Lipinski definition) is 5. The van der Waals surface area contributed by atoms with Crippen molar-refractivity contribution >= 4 is 5.97 Å². The topological polar surface area (TPSA) is 105 Å². The molecule has 0 aliphatic rings. The summed E-state index contributed by atoms with van der Waals surface area (Å²) in [7, 11) is 0. The van der Waals surface area contributed by atoms with Crippen LogP contribution in [0.15, 0.2) is 16.9 Å². The molecule has 0 saturated heterocycles. The first-order valence-electron chi connectivity index (χ1n) is 3.34. The molecule has 0 radical (unpaired) electrons. The van der Waals surface area contributed by atoms with Gasteiger partial charge in [0.05, 0.1) is 0 Å². The zero-order valence-electron chi connectivity index (χ0n) is 6.26. The fourth-order valence-corrected chi connectivity index (χ4v) is 0.893. The Kier molecular flexibility index (Phi) is 1.55. The summed E-state index contributed by atoms with van der Waals surface area (Å²) in [5.41, 5.74) is 0.335. The van der Waals surface area contributed by atoms with Crippen LogP contribution in [0.3, 0.4) is 0 Å². The number of aromatic nitrogens is 4. The molecule has 0 aliphatic heterocycles. The Balaban J connectivity index is 2.52. The quantitative estimate of drug-likeness (QED) is 0.681. The largest absolute Gasteiger partial charge is 0.476 e. The average molecular weight is 180 g/mol. The van der Waals surface area contributed by atoms with Crippen molar-refractivity contribution in [1.29, 1.82) is 0 Å². The lowest BCUT2D eigenvalue weighted by atomic mass is 10.2. The SMILES string of the molecule is O=C(O)c1n[nH]nc1-c1ccon1. The van der Waals surface area contributed by atoms with E-state index in [1.165, 1.54) is 12.3 Å². The van der Waals surface area contributed by atoms with Gasteiger partial charge in [0, 0.05) is 6.07 Å². The van der Waals surface area contributed by atoms with Gasteiger partial charge in [0.15, 0.2) is 5.69 Å². The highest BCUT2D eigenvalue weighted by atomic mass is 16.5.